The van der Waals surface area contributed by atoms with Crippen LogP contribution in [-0.4, -0.2) is 29.7 Å². The van der Waals surface area contributed by atoms with Gasteiger partial charge in [0.25, 0.3) is 0 Å². The molecule has 0 amide bonds. The summed E-state index contributed by atoms with van der Waals surface area (Å²) in [5.74, 6) is 4.93. The van der Waals surface area contributed by atoms with Crippen molar-refractivity contribution >= 4 is 0 Å². The van der Waals surface area contributed by atoms with Crippen molar-refractivity contribution in [3.8, 4) is 0 Å². The summed E-state index contributed by atoms with van der Waals surface area (Å²) in [5.41, 5.74) is 0.899. The van der Waals surface area contributed by atoms with E-state index in [1.807, 2.05) is 0 Å². The topological polar surface area (TPSA) is 38.7 Å². The summed E-state index contributed by atoms with van der Waals surface area (Å²) in [4.78, 5) is 0. The molecule has 0 bridgehead atoms. The van der Waals surface area contributed by atoms with Gasteiger partial charge in [-0.3, -0.25) is 0 Å². The minimum Gasteiger partial charge on any atom is -0.393 e. The van der Waals surface area contributed by atoms with Crippen LogP contribution in [-0.2, 0) is 9.47 Å². The second-order valence-corrected chi connectivity index (χ2v) is 13.1. The van der Waals surface area contributed by atoms with E-state index in [1.165, 1.54) is 44.9 Å². The standard InChI is InChI=1S/C27H44O3/c1-16-7-12-27(29-15-16)17(2)24-23(30-27)14-22-20-6-5-18-13-19(28)8-10-25(18,3)21(20)9-11-26(22,24)4/h16-24,28H,5-15H2,1-4H3/t16-,17-,18-,19+,20+,21-,22-,23+,24-,25-,26-,27+/m0/s1. The number of ether oxygens (including phenoxy) is 2. The lowest BCUT2D eigenvalue weighted by Crippen LogP contribution is -2.55. The van der Waals surface area contributed by atoms with Crippen LogP contribution in [0.15, 0.2) is 0 Å². The first kappa shape index (κ1) is 20.5. The molecule has 6 aliphatic rings. The van der Waals surface area contributed by atoms with Gasteiger partial charge in [-0.25, -0.2) is 0 Å². The molecule has 2 saturated heterocycles. The normalized spacial score (nSPS) is 62.5. The van der Waals surface area contributed by atoms with Gasteiger partial charge in [0.1, 0.15) is 0 Å². The fraction of sp³-hybridized carbons (Fsp3) is 1.00. The molecule has 0 aromatic carbocycles. The highest BCUT2D eigenvalue weighted by Gasteiger charge is 2.69. The van der Waals surface area contributed by atoms with Crippen LogP contribution in [0.5, 0.6) is 0 Å². The first-order chi connectivity index (χ1) is 14.3. The Bertz CT molecular complexity index is 684. The highest BCUT2D eigenvalue weighted by atomic mass is 16.7. The molecule has 0 aromatic rings. The third-order valence-electron chi connectivity index (χ3n) is 11.9. The Morgan fingerprint density at radius 3 is 2.40 bits per heavy atom. The monoisotopic (exact) mass is 416 g/mol. The largest absolute Gasteiger partial charge is 0.393 e. The molecule has 0 aromatic heterocycles. The maximum atomic E-state index is 10.3. The Labute approximate surface area is 183 Å². The minimum absolute atomic E-state index is 0.0389. The molecule has 2 heterocycles. The Kier molecular flexibility index (Phi) is 4.58. The average Bonchev–Trinajstić information content (AvgIpc) is 3.16. The van der Waals surface area contributed by atoms with E-state index in [1.54, 1.807) is 0 Å². The van der Waals surface area contributed by atoms with Crippen LogP contribution in [0.2, 0.25) is 0 Å². The zero-order valence-corrected chi connectivity index (χ0v) is 19.7. The molecule has 6 fully saturated rings. The van der Waals surface area contributed by atoms with Crippen LogP contribution in [0.1, 0.15) is 91.9 Å². The van der Waals surface area contributed by atoms with Gasteiger partial charge in [-0.1, -0.05) is 27.7 Å². The van der Waals surface area contributed by atoms with Gasteiger partial charge in [0, 0.05) is 12.3 Å². The first-order valence-corrected chi connectivity index (χ1v) is 13.3. The number of aliphatic hydroxyl groups is 1. The maximum Gasteiger partial charge on any atom is 0.171 e. The molecule has 3 heteroatoms. The Morgan fingerprint density at radius 2 is 1.63 bits per heavy atom. The van der Waals surface area contributed by atoms with Crippen molar-refractivity contribution < 1.29 is 14.6 Å². The Hall–Kier alpha value is -0.120. The van der Waals surface area contributed by atoms with Crippen LogP contribution >= 0.6 is 0 Å². The van der Waals surface area contributed by atoms with Crippen LogP contribution in [0.25, 0.3) is 0 Å². The summed E-state index contributed by atoms with van der Waals surface area (Å²) < 4.78 is 13.4. The zero-order valence-electron chi connectivity index (χ0n) is 19.7. The molecule has 12 atom stereocenters. The van der Waals surface area contributed by atoms with Crippen molar-refractivity contribution in [3.63, 3.8) is 0 Å². The summed E-state index contributed by atoms with van der Waals surface area (Å²) >= 11 is 0. The van der Waals surface area contributed by atoms with E-state index < -0.39 is 0 Å². The molecule has 170 valence electrons. The molecule has 3 nitrogen and oxygen atoms in total. The average molecular weight is 417 g/mol. The molecular weight excluding hydrogens is 372 g/mol. The number of aliphatic hydroxyl groups excluding tert-OH is 1. The summed E-state index contributed by atoms with van der Waals surface area (Å²) in [5, 5.41) is 10.3. The molecule has 0 radical (unpaired) electrons. The van der Waals surface area contributed by atoms with Crippen molar-refractivity contribution in [2.45, 2.75) is 110 Å². The van der Waals surface area contributed by atoms with E-state index in [0.29, 0.717) is 34.7 Å². The Morgan fingerprint density at radius 1 is 0.833 bits per heavy atom. The highest BCUT2D eigenvalue weighted by molar-refractivity contribution is 5.15. The van der Waals surface area contributed by atoms with Gasteiger partial charge in [0.05, 0.1) is 18.8 Å². The molecule has 0 unspecified atom stereocenters. The summed E-state index contributed by atoms with van der Waals surface area (Å²) in [6.07, 6.45) is 12.9. The van der Waals surface area contributed by atoms with E-state index in [9.17, 15) is 5.11 Å². The SMILES string of the molecule is C[C@H]1CC[C@@]2(OC1)O[C@@H]1C[C@H]3[C@@H]4CC[C@H]5C[C@H](O)CC[C@]5(C)[C@H]4CC[C@]3(C)[C@H]1[C@@H]2C. The van der Waals surface area contributed by atoms with Gasteiger partial charge in [0.2, 0.25) is 0 Å². The molecule has 6 rings (SSSR count). The fourth-order valence-electron chi connectivity index (χ4n) is 10.3. The van der Waals surface area contributed by atoms with E-state index in [-0.39, 0.29) is 11.9 Å². The van der Waals surface area contributed by atoms with Gasteiger partial charge < -0.3 is 14.6 Å². The van der Waals surface area contributed by atoms with Crippen LogP contribution in [0.4, 0.5) is 0 Å². The summed E-state index contributed by atoms with van der Waals surface area (Å²) in [7, 11) is 0. The second-order valence-electron chi connectivity index (χ2n) is 13.1. The van der Waals surface area contributed by atoms with Gasteiger partial charge in [-0.15, -0.1) is 0 Å². The van der Waals surface area contributed by atoms with Crippen LogP contribution < -0.4 is 0 Å². The molecular formula is C27H44O3. The third kappa shape index (κ3) is 2.61. The molecule has 30 heavy (non-hydrogen) atoms. The number of hydrogen-bond donors (Lipinski definition) is 1. The smallest absolute Gasteiger partial charge is 0.171 e. The van der Waals surface area contributed by atoms with Crippen LogP contribution in [0, 0.1) is 52.3 Å². The van der Waals surface area contributed by atoms with Crippen molar-refractivity contribution in [2.75, 3.05) is 6.61 Å². The van der Waals surface area contributed by atoms with Crippen LogP contribution in [0.3, 0.4) is 0 Å². The predicted octanol–water partition coefficient (Wildman–Crippen LogP) is 5.79. The quantitative estimate of drug-likeness (QED) is 0.543. The van der Waals surface area contributed by atoms with Crippen molar-refractivity contribution in [2.24, 2.45) is 52.3 Å². The summed E-state index contributed by atoms with van der Waals surface area (Å²) in [6, 6.07) is 0. The number of hydrogen-bond acceptors (Lipinski definition) is 3. The van der Waals surface area contributed by atoms with Gasteiger partial charge in [0.15, 0.2) is 5.79 Å². The maximum absolute atomic E-state index is 10.3. The van der Waals surface area contributed by atoms with Crippen molar-refractivity contribution in [1.29, 1.82) is 0 Å². The molecule has 2 aliphatic heterocycles. The highest BCUT2D eigenvalue weighted by Crippen LogP contribution is 2.71. The summed E-state index contributed by atoms with van der Waals surface area (Å²) in [6.45, 7) is 10.9. The van der Waals surface area contributed by atoms with E-state index in [4.69, 9.17) is 9.47 Å². The minimum atomic E-state index is -0.282. The number of rotatable bonds is 0. The van der Waals surface area contributed by atoms with E-state index in [2.05, 4.69) is 27.7 Å². The van der Waals surface area contributed by atoms with Gasteiger partial charge in [-0.2, -0.15) is 0 Å². The lowest BCUT2D eigenvalue weighted by Gasteiger charge is -2.61. The second kappa shape index (κ2) is 6.70. The predicted molar refractivity (Wildman–Crippen MR) is 118 cm³/mol. The van der Waals surface area contributed by atoms with E-state index in [0.717, 1.165) is 49.5 Å². The lowest BCUT2D eigenvalue weighted by atomic mass is 9.44. The molecule has 1 N–H and O–H groups in total. The fourth-order valence-corrected chi connectivity index (χ4v) is 10.3. The van der Waals surface area contributed by atoms with E-state index >= 15 is 0 Å². The van der Waals surface area contributed by atoms with Gasteiger partial charge >= 0.3 is 0 Å². The molecule has 4 saturated carbocycles. The molecule has 4 aliphatic carbocycles. The first-order valence-electron chi connectivity index (χ1n) is 13.3. The van der Waals surface area contributed by atoms with Crippen molar-refractivity contribution in [3.05, 3.63) is 0 Å². The lowest BCUT2D eigenvalue weighted by molar-refractivity contribution is -0.273. The number of fused-ring (bicyclic) bond motifs is 7. The third-order valence-corrected chi connectivity index (χ3v) is 11.9. The molecule has 1 spiro atoms. The van der Waals surface area contributed by atoms with Gasteiger partial charge in [-0.05, 0) is 104 Å². The zero-order chi connectivity index (χ0) is 20.9. The Balaban J connectivity index is 1.26. The van der Waals surface area contributed by atoms with Crippen molar-refractivity contribution in [1.82, 2.24) is 0 Å².